The molecule has 0 spiro atoms. The Bertz CT molecular complexity index is 597. The third kappa shape index (κ3) is 2.50. The van der Waals surface area contributed by atoms with Crippen molar-refractivity contribution in [3.8, 4) is 11.3 Å². The van der Waals surface area contributed by atoms with Gasteiger partial charge in [0.15, 0.2) is 0 Å². The van der Waals surface area contributed by atoms with E-state index < -0.39 is 0 Å². The van der Waals surface area contributed by atoms with Crippen molar-refractivity contribution in [1.29, 1.82) is 0 Å². The van der Waals surface area contributed by atoms with Crippen LogP contribution in [-0.2, 0) is 11.2 Å². The number of carbonyl (C=O) groups is 1. The van der Waals surface area contributed by atoms with Crippen LogP contribution >= 0.6 is 0 Å². The lowest BCUT2D eigenvalue weighted by molar-refractivity contribution is -0.116. The predicted molar refractivity (Wildman–Crippen MR) is 72.6 cm³/mol. The van der Waals surface area contributed by atoms with Crippen molar-refractivity contribution in [2.24, 2.45) is 0 Å². The molecule has 0 saturated heterocycles. The van der Waals surface area contributed by atoms with Gasteiger partial charge in [0.25, 0.3) is 0 Å². The van der Waals surface area contributed by atoms with E-state index in [-0.39, 0.29) is 5.78 Å². The van der Waals surface area contributed by atoms with Crippen LogP contribution in [0.3, 0.4) is 0 Å². The van der Waals surface area contributed by atoms with Gasteiger partial charge < -0.3 is 4.98 Å². The summed E-state index contributed by atoms with van der Waals surface area (Å²) < 4.78 is 0. The first-order chi connectivity index (χ1) is 8.47. The number of nitrogens with one attached hydrogen (secondary N) is 1. The van der Waals surface area contributed by atoms with Gasteiger partial charge in [0.2, 0.25) is 0 Å². The van der Waals surface area contributed by atoms with Crippen LogP contribution in [0.5, 0.6) is 0 Å². The number of hydrogen-bond donors (Lipinski definition) is 1. The van der Waals surface area contributed by atoms with Crippen molar-refractivity contribution in [2.45, 2.75) is 34.1 Å². The minimum absolute atomic E-state index is 0.118. The molecule has 3 heteroatoms. The molecule has 2 rings (SSSR count). The number of aromatic nitrogens is 2. The number of nitrogens with zero attached hydrogens (tertiary/aromatic N) is 1. The summed E-state index contributed by atoms with van der Waals surface area (Å²) in [5.74, 6) is 0.850. The van der Waals surface area contributed by atoms with Crippen LogP contribution in [0.1, 0.15) is 29.4 Å². The highest BCUT2D eigenvalue weighted by atomic mass is 16.1. The fourth-order valence-electron chi connectivity index (χ4n) is 2.08. The molecule has 0 radical (unpaired) electrons. The number of ketones is 1. The number of carbonyl (C=O) groups excluding carboxylic acids is 1. The van der Waals surface area contributed by atoms with Crippen LogP contribution < -0.4 is 0 Å². The molecule has 2 aromatic rings. The van der Waals surface area contributed by atoms with Crippen LogP contribution in [0.25, 0.3) is 11.3 Å². The van der Waals surface area contributed by atoms with Crippen molar-refractivity contribution in [3.63, 3.8) is 0 Å². The van der Waals surface area contributed by atoms with E-state index in [9.17, 15) is 4.79 Å². The van der Waals surface area contributed by atoms with Gasteiger partial charge in [-0.15, -0.1) is 0 Å². The van der Waals surface area contributed by atoms with E-state index >= 15 is 0 Å². The quantitative estimate of drug-likeness (QED) is 0.898. The lowest BCUT2D eigenvalue weighted by Gasteiger charge is -2.07. The van der Waals surface area contributed by atoms with E-state index in [0.717, 1.165) is 17.1 Å². The highest BCUT2D eigenvalue weighted by molar-refractivity contribution is 5.77. The number of hydrogen-bond acceptors (Lipinski definition) is 2. The number of imidazole rings is 1. The molecule has 94 valence electrons. The van der Waals surface area contributed by atoms with E-state index in [1.165, 1.54) is 16.7 Å². The Morgan fingerprint density at radius 3 is 2.50 bits per heavy atom. The Morgan fingerprint density at radius 1 is 1.17 bits per heavy atom. The van der Waals surface area contributed by atoms with Crippen LogP contribution in [-0.4, -0.2) is 15.8 Å². The molecule has 0 unspecified atom stereocenters. The third-order valence-electron chi connectivity index (χ3n) is 3.18. The normalized spacial score (nSPS) is 10.7. The van der Waals surface area contributed by atoms with E-state index in [2.05, 4.69) is 42.9 Å². The second kappa shape index (κ2) is 4.77. The van der Waals surface area contributed by atoms with Crippen LogP contribution in [0.2, 0.25) is 0 Å². The molecule has 0 bridgehead atoms. The smallest absolute Gasteiger partial charge is 0.137 e. The van der Waals surface area contributed by atoms with Crippen LogP contribution in [0, 0.1) is 20.8 Å². The molecule has 1 aromatic heterocycles. The molecule has 0 fully saturated rings. The van der Waals surface area contributed by atoms with Gasteiger partial charge in [-0.05, 0) is 50.5 Å². The molecular formula is C15H18N2O. The van der Waals surface area contributed by atoms with Gasteiger partial charge in [0.1, 0.15) is 11.6 Å². The Balaban J connectivity index is 2.40. The summed E-state index contributed by atoms with van der Waals surface area (Å²) in [7, 11) is 0. The number of Topliss-reactive ketones (excluding diaryl/α,β-unsaturated/α-hetero) is 1. The molecule has 0 aliphatic carbocycles. The van der Waals surface area contributed by atoms with Crippen molar-refractivity contribution in [2.75, 3.05) is 0 Å². The van der Waals surface area contributed by atoms with E-state index in [0.29, 0.717) is 6.42 Å². The zero-order chi connectivity index (χ0) is 13.3. The van der Waals surface area contributed by atoms with Gasteiger partial charge >= 0.3 is 0 Å². The summed E-state index contributed by atoms with van der Waals surface area (Å²) in [5, 5.41) is 0. The first kappa shape index (κ1) is 12.6. The highest BCUT2D eigenvalue weighted by Crippen LogP contribution is 2.25. The van der Waals surface area contributed by atoms with Gasteiger partial charge in [-0.1, -0.05) is 6.07 Å². The van der Waals surface area contributed by atoms with Crippen molar-refractivity contribution < 1.29 is 4.79 Å². The van der Waals surface area contributed by atoms with E-state index in [1.54, 1.807) is 13.1 Å². The number of H-pyrrole nitrogens is 1. The molecule has 0 saturated carbocycles. The fraction of sp³-hybridized carbons (Fsp3) is 0.333. The Labute approximate surface area is 107 Å². The monoisotopic (exact) mass is 242 g/mol. The lowest BCUT2D eigenvalue weighted by atomic mass is 9.99. The molecule has 0 atom stereocenters. The molecule has 1 aromatic carbocycles. The van der Waals surface area contributed by atoms with Crippen molar-refractivity contribution in [1.82, 2.24) is 9.97 Å². The summed E-state index contributed by atoms with van der Waals surface area (Å²) >= 11 is 0. The zero-order valence-electron chi connectivity index (χ0n) is 11.3. The maximum Gasteiger partial charge on any atom is 0.137 e. The molecule has 0 aliphatic rings. The number of aromatic amines is 1. The first-order valence-corrected chi connectivity index (χ1v) is 6.09. The van der Waals surface area contributed by atoms with E-state index in [4.69, 9.17) is 0 Å². The van der Waals surface area contributed by atoms with Crippen molar-refractivity contribution in [3.05, 3.63) is 40.8 Å². The number of rotatable bonds is 3. The molecule has 18 heavy (non-hydrogen) atoms. The van der Waals surface area contributed by atoms with Crippen LogP contribution in [0.15, 0.2) is 18.3 Å². The average molecular weight is 242 g/mol. The summed E-state index contributed by atoms with van der Waals surface area (Å²) in [4.78, 5) is 18.5. The Hall–Kier alpha value is -1.90. The second-order valence-electron chi connectivity index (χ2n) is 4.87. The zero-order valence-corrected chi connectivity index (χ0v) is 11.3. The maximum absolute atomic E-state index is 11.1. The molecular weight excluding hydrogens is 224 g/mol. The minimum atomic E-state index is 0.118. The van der Waals surface area contributed by atoms with E-state index in [1.807, 2.05) is 0 Å². The maximum atomic E-state index is 11.1. The molecule has 0 aliphatic heterocycles. The van der Waals surface area contributed by atoms with Crippen molar-refractivity contribution >= 4 is 5.78 Å². The Kier molecular flexibility index (Phi) is 3.32. The fourth-order valence-corrected chi connectivity index (χ4v) is 2.08. The highest BCUT2D eigenvalue weighted by Gasteiger charge is 2.08. The SMILES string of the molecule is CC(=O)Cc1ncc(-c2cc(C)c(C)cc2C)[nH]1. The summed E-state index contributed by atoms with van der Waals surface area (Å²) in [6.07, 6.45) is 2.17. The first-order valence-electron chi connectivity index (χ1n) is 6.09. The van der Waals surface area contributed by atoms with Gasteiger partial charge in [0, 0.05) is 5.56 Å². The second-order valence-corrected chi connectivity index (χ2v) is 4.87. The minimum Gasteiger partial charge on any atom is -0.342 e. The van der Waals surface area contributed by atoms with Gasteiger partial charge in [-0.3, -0.25) is 4.79 Å². The lowest BCUT2D eigenvalue weighted by Crippen LogP contribution is -1.98. The topological polar surface area (TPSA) is 45.8 Å². The number of benzene rings is 1. The molecule has 1 heterocycles. The Morgan fingerprint density at radius 2 is 1.83 bits per heavy atom. The van der Waals surface area contributed by atoms with Gasteiger partial charge in [0.05, 0.1) is 18.3 Å². The standard InChI is InChI=1S/C15H18N2O/c1-9-5-11(3)13(6-10(9)2)14-8-16-15(17-14)7-12(4)18/h5-6,8H,7H2,1-4H3,(H,16,17). The summed E-state index contributed by atoms with van der Waals surface area (Å²) in [5.41, 5.74) is 5.90. The predicted octanol–water partition coefficient (Wildman–Crippen LogP) is 3.13. The van der Waals surface area contributed by atoms with Gasteiger partial charge in [-0.25, -0.2) is 4.98 Å². The average Bonchev–Trinajstić information content (AvgIpc) is 2.70. The van der Waals surface area contributed by atoms with Crippen LogP contribution in [0.4, 0.5) is 0 Å². The molecule has 3 nitrogen and oxygen atoms in total. The van der Waals surface area contributed by atoms with Gasteiger partial charge in [-0.2, -0.15) is 0 Å². The summed E-state index contributed by atoms with van der Waals surface area (Å²) in [6.45, 7) is 7.88. The molecule has 0 amide bonds. The third-order valence-corrected chi connectivity index (χ3v) is 3.18. The summed E-state index contributed by atoms with van der Waals surface area (Å²) in [6, 6.07) is 4.34. The largest absolute Gasteiger partial charge is 0.342 e. The molecule has 1 N–H and O–H groups in total. The number of aryl methyl sites for hydroxylation is 3.